The summed E-state index contributed by atoms with van der Waals surface area (Å²) < 4.78 is 5.15. The molecule has 0 aromatic heterocycles. The molecule has 0 spiro atoms. The first-order valence-corrected chi connectivity index (χ1v) is 7.95. The Morgan fingerprint density at radius 2 is 1.83 bits per heavy atom. The molecule has 0 aliphatic rings. The number of carboxylic acids is 1. The highest BCUT2D eigenvalue weighted by atomic mass is 16.5. The van der Waals surface area contributed by atoms with Crippen molar-refractivity contribution in [1.82, 2.24) is 5.32 Å². The van der Waals surface area contributed by atoms with Crippen molar-refractivity contribution in [2.24, 2.45) is 11.3 Å². The van der Waals surface area contributed by atoms with Gasteiger partial charge in [-0.1, -0.05) is 51.1 Å². The summed E-state index contributed by atoms with van der Waals surface area (Å²) in [5.41, 5.74) is 0.946. The maximum absolute atomic E-state index is 11.7. The molecule has 5 heteroatoms. The third-order valence-corrected chi connectivity index (χ3v) is 3.91. The predicted octanol–water partition coefficient (Wildman–Crippen LogP) is 3.83. The minimum Gasteiger partial charge on any atom is -0.481 e. The van der Waals surface area contributed by atoms with E-state index in [0.717, 1.165) is 12.0 Å². The number of rotatable bonds is 8. The maximum Gasteiger partial charge on any atom is 0.407 e. The van der Waals surface area contributed by atoms with E-state index < -0.39 is 12.1 Å². The van der Waals surface area contributed by atoms with Crippen molar-refractivity contribution in [3.05, 3.63) is 35.9 Å². The largest absolute Gasteiger partial charge is 0.481 e. The van der Waals surface area contributed by atoms with Crippen molar-refractivity contribution in [2.45, 2.75) is 46.6 Å². The van der Waals surface area contributed by atoms with Crippen LogP contribution in [0.1, 0.15) is 45.6 Å². The smallest absolute Gasteiger partial charge is 0.407 e. The summed E-state index contributed by atoms with van der Waals surface area (Å²) in [6.45, 7) is 7.00. The Morgan fingerprint density at radius 3 is 2.39 bits per heavy atom. The van der Waals surface area contributed by atoms with Crippen LogP contribution in [0, 0.1) is 11.3 Å². The molecule has 1 rings (SSSR count). The first-order valence-electron chi connectivity index (χ1n) is 7.95. The van der Waals surface area contributed by atoms with Gasteiger partial charge in [-0.3, -0.25) is 4.79 Å². The number of carboxylic acid groups (broad SMARTS) is 1. The Bertz CT molecular complexity index is 493. The summed E-state index contributed by atoms with van der Waals surface area (Å²) in [6, 6.07) is 9.50. The highest BCUT2D eigenvalue weighted by molar-refractivity contribution is 5.67. The van der Waals surface area contributed by atoms with Crippen molar-refractivity contribution in [2.75, 3.05) is 6.54 Å². The van der Waals surface area contributed by atoms with Crippen LogP contribution in [0.2, 0.25) is 0 Å². The number of amides is 1. The van der Waals surface area contributed by atoms with Crippen molar-refractivity contribution in [1.29, 1.82) is 0 Å². The third kappa shape index (κ3) is 8.24. The second kappa shape index (κ2) is 9.18. The molecule has 0 aliphatic carbocycles. The van der Waals surface area contributed by atoms with Crippen LogP contribution in [0.15, 0.2) is 30.3 Å². The molecule has 0 saturated carbocycles. The average molecular weight is 321 g/mol. The van der Waals surface area contributed by atoms with Crippen LogP contribution in [-0.2, 0) is 16.1 Å². The van der Waals surface area contributed by atoms with Gasteiger partial charge < -0.3 is 15.2 Å². The van der Waals surface area contributed by atoms with Gasteiger partial charge in [0.25, 0.3) is 0 Å². The van der Waals surface area contributed by atoms with Gasteiger partial charge in [-0.2, -0.15) is 0 Å². The fraction of sp³-hybridized carbons (Fsp3) is 0.556. The van der Waals surface area contributed by atoms with E-state index in [4.69, 9.17) is 9.84 Å². The number of nitrogens with one attached hydrogen (secondary N) is 1. The number of hydrogen-bond donors (Lipinski definition) is 2. The molecule has 0 radical (unpaired) electrons. The summed E-state index contributed by atoms with van der Waals surface area (Å²) in [7, 11) is 0. The van der Waals surface area contributed by atoms with E-state index in [1.165, 1.54) is 0 Å². The minimum atomic E-state index is -0.783. The van der Waals surface area contributed by atoms with E-state index in [0.29, 0.717) is 13.0 Å². The standard InChI is InChI=1S/C18H27NO4/c1-18(2,3)15(9-10-16(20)21)11-12-19-17(22)23-13-14-7-5-4-6-8-14/h4-8,15H,9-13H2,1-3H3,(H,19,22)(H,20,21). The zero-order valence-corrected chi connectivity index (χ0v) is 14.2. The molecule has 0 bridgehead atoms. The number of hydrogen-bond acceptors (Lipinski definition) is 3. The van der Waals surface area contributed by atoms with E-state index >= 15 is 0 Å². The van der Waals surface area contributed by atoms with Gasteiger partial charge in [0.05, 0.1) is 0 Å². The molecule has 5 nitrogen and oxygen atoms in total. The Kier molecular flexibility index (Phi) is 7.59. The van der Waals surface area contributed by atoms with Crippen LogP contribution in [0.3, 0.4) is 0 Å². The minimum absolute atomic E-state index is 0.00503. The van der Waals surface area contributed by atoms with E-state index in [-0.39, 0.29) is 24.4 Å². The zero-order chi connectivity index (χ0) is 17.3. The van der Waals surface area contributed by atoms with Crippen molar-refractivity contribution in [3.63, 3.8) is 0 Å². The van der Waals surface area contributed by atoms with Crippen molar-refractivity contribution >= 4 is 12.1 Å². The molecule has 1 aromatic rings. The first-order chi connectivity index (χ1) is 10.8. The van der Waals surface area contributed by atoms with E-state index in [2.05, 4.69) is 26.1 Å². The molecule has 0 heterocycles. The zero-order valence-electron chi connectivity index (χ0n) is 14.2. The first kappa shape index (κ1) is 19.0. The SMILES string of the molecule is CC(C)(C)C(CCNC(=O)OCc1ccccc1)CCC(=O)O. The van der Waals surface area contributed by atoms with Gasteiger partial charge in [0, 0.05) is 13.0 Å². The second-order valence-electron chi connectivity index (χ2n) is 6.77. The molecular formula is C18H27NO4. The summed E-state index contributed by atoms with van der Waals surface area (Å²) in [5, 5.41) is 11.6. The predicted molar refractivity (Wildman–Crippen MR) is 89.1 cm³/mol. The van der Waals surface area contributed by atoms with Crippen LogP contribution in [0.5, 0.6) is 0 Å². The van der Waals surface area contributed by atoms with Gasteiger partial charge >= 0.3 is 12.1 Å². The monoisotopic (exact) mass is 321 g/mol. The van der Waals surface area contributed by atoms with Crippen LogP contribution in [-0.4, -0.2) is 23.7 Å². The normalized spacial score (nSPS) is 12.5. The van der Waals surface area contributed by atoms with Crippen LogP contribution in [0.25, 0.3) is 0 Å². The Labute approximate surface area is 138 Å². The maximum atomic E-state index is 11.7. The summed E-state index contributed by atoms with van der Waals surface area (Å²) in [6.07, 6.45) is 1.05. The lowest BCUT2D eigenvalue weighted by atomic mass is 9.76. The van der Waals surface area contributed by atoms with E-state index in [9.17, 15) is 9.59 Å². The van der Waals surface area contributed by atoms with Gasteiger partial charge in [0.2, 0.25) is 0 Å². The van der Waals surface area contributed by atoms with E-state index in [1.807, 2.05) is 30.3 Å². The van der Waals surface area contributed by atoms with Crippen molar-refractivity contribution in [3.8, 4) is 0 Å². The molecule has 0 fully saturated rings. The quantitative estimate of drug-likeness (QED) is 0.763. The second-order valence-corrected chi connectivity index (χ2v) is 6.77. The lowest BCUT2D eigenvalue weighted by Crippen LogP contribution is -2.30. The van der Waals surface area contributed by atoms with Gasteiger partial charge in [-0.25, -0.2) is 4.79 Å². The topological polar surface area (TPSA) is 75.6 Å². The Hall–Kier alpha value is -2.04. The van der Waals surface area contributed by atoms with Crippen molar-refractivity contribution < 1.29 is 19.4 Å². The van der Waals surface area contributed by atoms with E-state index in [1.54, 1.807) is 0 Å². The number of ether oxygens (including phenoxy) is 1. The fourth-order valence-corrected chi connectivity index (χ4v) is 2.43. The summed E-state index contributed by atoms with van der Waals surface area (Å²) in [5.74, 6) is -0.553. The fourth-order valence-electron chi connectivity index (χ4n) is 2.43. The molecule has 128 valence electrons. The Morgan fingerprint density at radius 1 is 1.17 bits per heavy atom. The lowest BCUT2D eigenvalue weighted by molar-refractivity contribution is -0.137. The molecule has 2 N–H and O–H groups in total. The third-order valence-electron chi connectivity index (χ3n) is 3.91. The lowest BCUT2D eigenvalue weighted by Gasteiger charge is -2.30. The molecule has 0 aliphatic heterocycles. The highest BCUT2D eigenvalue weighted by Crippen LogP contribution is 2.32. The molecule has 23 heavy (non-hydrogen) atoms. The molecule has 1 aromatic carbocycles. The summed E-state index contributed by atoms with van der Waals surface area (Å²) >= 11 is 0. The van der Waals surface area contributed by atoms with Gasteiger partial charge in [-0.05, 0) is 29.7 Å². The van der Waals surface area contributed by atoms with Gasteiger partial charge in [0.15, 0.2) is 0 Å². The number of carbonyl (C=O) groups is 2. The number of aliphatic carboxylic acids is 1. The number of alkyl carbamates (subject to hydrolysis) is 1. The van der Waals surface area contributed by atoms with Gasteiger partial charge in [-0.15, -0.1) is 0 Å². The average Bonchev–Trinajstić information content (AvgIpc) is 2.48. The van der Waals surface area contributed by atoms with Crippen LogP contribution < -0.4 is 5.32 Å². The highest BCUT2D eigenvalue weighted by Gasteiger charge is 2.24. The molecule has 0 saturated heterocycles. The summed E-state index contributed by atoms with van der Waals surface area (Å²) in [4.78, 5) is 22.4. The molecule has 1 amide bonds. The van der Waals surface area contributed by atoms with Crippen LogP contribution in [0.4, 0.5) is 4.79 Å². The molecule has 1 atom stereocenters. The van der Waals surface area contributed by atoms with Crippen LogP contribution >= 0.6 is 0 Å². The Balaban J connectivity index is 2.31. The number of benzene rings is 1. The van der Waals surface area contributed by atoms with Gasteiger partial charge in [0.1, 0.15) is 6.61 Å². The molecule has 1 unspecified atom stereocenters. The number of carbonyl (C=O) groups excluding carboxylic acids is 1. The molecular weight excluding hydrogens is 294 g/mol.